The Hall–Kier alpha value is -1.03. The molecule has 0 aliphatic carbocycles. The second kappa shape index (κ2) is 3.39. The third kappa shape index (κ3) is 2.59. The molecule has 0 bridgehead atoms. The number of allylic oxidation sites excluding steroid dienone is 2. The Labute approximate surface area is 66.8 Å². The molecule has 2 N–H and O–H groups in total. The van der Waals surface area contributed by atoms with E-state index in [2.05, 4.69) is 13.2 Å². The topological polar surface area (TPSA) is 60.2 Å². The molecule has 0 rings (SSSR count). The van der Waals surface area contributed by atoms with Crippen molar-refractivity contribution in [3.63, 3.8) is 0 Å². The lowest BCUT2D eigenvalue weighted by molar-refractivity contribution is 0.608. The van der Waals surface area contributed by atoms with Crippen molar-refractivity contribution >= 4 is 9.84 Å². The van der Waals surface area contributed by atoms with Crippen LogP contribution >= 0.6 is 0 Å². The maximum absolute atomic E-state index is 10.9. The molecule has 4 heteroatoms. The first kappa shape index (κ1) is 9.97. The lowest BCUT2D eigenvalue weighted by Crippen LogP contribution is -2.06. The standard InChI is InChI=1S/C7H11NO2S/c1-4-6(8)7(5-2)11(3,9)10/h4-5H,1-2,8H2,3H3/b7-6-. The molecule has 0 spiro atoms. The van der Waals surface area contributed by atoms with Crippen molar-refractivity contribution in [3.8, 4) is 0 Å². The molecule has 62 valence electrons. The summed E-state index contributed by atoms with van der Waals surface area (Å²) in [5.41, 5.74) is 5.45. The van der Waals surface area contributed by atoms with Gasteiger partial charge in [0.05, 0.1) is 4.91 Å². The lowest BCUT2D eigenvalue weighted by atomic mass is 10.4. The van der Waals surface area contributed by atoms with Gasteiger partial charge in [-0.1, -0.05) is 13.2 Å². The number of hydrogen-bond donors (Lipinski definition) is 1. The Bertz CT molecular complexity index is 298. The van der Waals surface area contributed by atoms with Crippen LogP contribution in [0, 0.1) is 0 Å². The molecule has 0 aromatic rings. The van der Waals surface area contributed by atoms with Crippen molar-refractivity contribution in [2.75, 3.05) is 6.26 Å². The van der Waals surface area contributed by atoms with Crippen LogP contribution in [0.3, 0.4) is 0 Å². The van der Waals surface area contributed by atoms with Gasteiger partial charge in [-0.2, -0.15) is 0 Å². The van der Waals surface area contributed by atoms with Crippen molar-refractivity contribution in [1.29, 1.82) is 0 Å². The van der Waals surface area contributed by atoms with Crippen LogP contribution in [0.4, 0.5) is 0 Å². The first-order valence-corrected chi connectivity index (χ1v) is 4.77. The Morgan fingerprint density at radius 1 is 1.36 bits per heavy atom. The van der Waals surface area contributed by atoms with Gasteiger partial charge in [0.25, 0.3) is 0 Å². The molecular weight excluding hydrogens is 162 g/mol. The summed E-state index contributed by atoms with van der Waals surface area (Å²) in [7, 11) is -3.26. The van der Waals surface area contributed by atoms with Crippen molar-refractivity contribution < 1.29 is 8.42 Å². The smallest absolute Gasteiger partial charge is 0.177 e. The Balaban J connectivity index is 5.32. The Morgan fingerprint density at radius 2 is 1.82 bits per heavy atom. The first-order chi connectivity index (χ1) is 4.93. The average Bonchev–Trinajstić information content (AvgIpc) is 1.86. The highest BCUT2D eigenvalue weighted by molar-refractivity contribution is 7.94. The molecule has 0 heterocycles. The van der Waals surface area contributed by atoms with E-state index in [-0.39, 0.29) is 10.6 Å². The second-order valence-electron chi connectivity index (χ2n) is 2.00. The second-order valence-corrected chi connectivity index (χ2v) is 3.98. The van der Waals surface area contributed by atoms with Crippen molar-refractivity contribution in [1.82, 2.24) is 0 Å². The fraction of sp³-hybridized carbons (Fsp3) is 0.143. The zero-order valence-corrected chi connectivity index (χ0v) is 7.19. The van der Waals surface area contributed by atoms with E-state index in [9.17, 15) is 8.42 Å². The average molecular weight is 173 g/mol. The quantitative estimate of drug-likeness (QED) is 0.635. The maximum atomic E-state index is 10.9. The molecule has 0 radical (unpaired) electrons. The van der Waals surface area contributed by atoms with E-state index in [0.717, 1.165) is 6.26 Å². The van der Waals surface area contributed by atoms with Gasteiger partial charge in [0.1, 0.15) is 0 Å². The minimum Gasteiger partial charge on any atom is -0.398 e. The monoisotopic (exact) mass is 173 g/mol. The van der Waals surface area contributed by atoms with Gasteiger partial charge in [-0.25, -0.2) is 8.42 Å². The summed E-state index contributed by atoms with van der Waals surface area (Å²) < 4.78 is 21.8. The van der Waals surface area contributed by atoms with Gasteiger partial charge in [0.2, 0.25) is 0 Å². The molecule has 0 aromatic carbocycles. The summed E-state index contributed by atoms with van der Waals surface area (Å²) in [5, 5.41) is 0. The molecule has 0 saturated heterocycles. The van der Waals surface area contributed by atoms with Gasteiger partial charge < -0.3 is 5.73 Å². The van der Waals surface area contributed by atoms with Gasteiger partial charge in [0.15, 0.2) is 9.84 Å². The van der Waals surface area contributed by atoms with Gasteiger partial charge in [-0.05, 0) is 12.2 Å². The normalized spacial score (nSPS) is 13.5. The highest BCUT2D eigenvalue weighted by atomic mass is 32.2. The van der Waals surface area contributed by atoms with E-state index in [1.54, 1.807) is 0 Å². The number of rotatable bonds is 3. The predicted octanol–water partition coefficient (Wildman–Crippen LogP) is 0.573. The highest BCUT2D eigenvalue weighted by Gasteiger charge is 2.09. The maximum Gasteiger partial charge on any atom is 0.177 e. The SMILES string of the molecule is C=C/C(N)=C(\C=C)S(C)(=O)=O. The van der Waals surface area contributed by atoms with E-state index in [4.69, 9.17) is 5.73 Å². The van der Waals surface area contributed by atoms with E-state index in [1.807, 2.05) is 0 Å². The van der Waals surface area contributed by atoms with Crippen LogP contribution < -0.4 is 5.73 Å². The minimum absolute atomic E-state index is 0.0208. The molecule has 11 heavy (non-hydrogen) atoms. The molecular formula is C7H11NO2S. The van der Waals surface area contributed by atoms with E-state index >= 15 is 0 Å². The predicted molar refractivity (Wildman–Crippen MR) is 46.5 cm³/mol. The van der Waals surface area contributed by atoms with Gasteiger partial charge in [0, 0.05) is 12.0 Å². The first-order valence-electron chi connectivity index (χ1n) is 2.88. The summed E-state index contributed by atoms with van der Waals surface area (Å²) in [6.45, 7) is 6.68. The van der Waals surface area contributed by atoms with Crippen LogP contribution in [-0.4, -0.2) is 14.7 Å². The van der Waals surface area contributed by atoms with Crippen LogP contribution in [-0.2, 0) is 9.84 Å². The van der Waals surface area contributed by atoms with Gasteiger partial charge in [-0.15, -0.1) is 0 Å². The summed E-state index contributed by atoms with van der Waals surface area (Å²) in [6.07, 6.45) is 3.55. The minimum atomic E-state index is -3.26. The number of hydrogen-bond acceptors (Lipinski definition) is 3. The van der Waals surface area contributed by atoms with Crippen LogP contribution in [0.5, 0.6) is 0 Å². The summed E-state index contributed by atoms with van der Waals surface area (Å²) in [6, 6.07) is 0. The van der Waals surface area contributed by atoms with Crippen LogP contribution in [0.25, 0.3) is 0 Å². The molecule has 0 amide bonds. The molecule has 3 nitrogen and oxygen atoms in total. The summed E-state index contributed by atoms with van der Waals surface area (Å²) in [4.78, 5) is 0.0208. The number of nitrogens with two attached hydrogens (primary N) is 1. The van der Waals surface area contributed by atoms with Crippen LogP contribution in [0.1, 0.15) is 0 Å². The summed E-state index contributed by atoms with van der Waals surface area (Å²) >= 11 is 0. The molecule has 0 fully saturated rings. The third-order valence-corrected chi connectivity index (χ3v) is 2.29. The van der Waals surface area contributed by atoms with E-state index < -0.39 is 9.84 Å². The largest absolute Gasteiger partial charge is 0.398 e. The van der Waals surface area contributed by atoms with Crippen molar-refractivity contribution in [2.45, 2.75) is 0 Å². The molecule has 0 unspecified atom stereocenters. The lowest BCUT2D eigenvalue weighted by Gasteiger charge is -2.00. The van der Waals surface area contributed by atoms with Gasteiger partial charge >= 0.3 is 0 Å². The zero-order valence-electron chi connectivity index (χ0n) is 6.37. The summed E-state index contributed by atoms with van der Waals surface area (Å²) in [5.74, 6) is 0. The molecule has 0 aliphatic heterocycles. The Kier molecular flexibility index (Phi) is 3.07. The number of sulfone groups is 1. The van der Waals surface area contributed by atoms with E-state index in [0.29, 0.717) is 0 Å². The fourth-order valence-corrected chi connectivity index (χ4v) is 1.40. The fourth-order valence-electron chi connectivity index (χ4n) is 0.584. The van der Waals surface area contributed by atoms with E-state index in [1.165, 1.54) is 12.2 Å². The van der Waals surface area contributed by atoms with Gasteiger partial charge in [-0.3, -0.25) is 0 Å². The molecule has 0 aliphatic rings. The zero-order chi connectivity index (χ0) is 9.07. The van der Waals surface area contributed by atoms with Crippen molar-refractivity contribution in [3.05, 3.63) is 35.9 Å². The molecule has 0 aromatic heterocycles. The molecule has 0 saturated carbocycles. The highest BCUT2D eigenvalue weighted by Crippen LogP contribution is 2.08. The molecule has 0 atom stereocenters. The van der Waals surface area contributed by atoms with Crippen LogP contribution in [0.15, 0.2) is 35.9 Å². The third-order valence-electron chi connectivity index (χ3n) is 1.09. The van der Waals surface area contributed by atoms with Crippen molar-refractivity contribution in [2.24, 2.45) is 5.73 Å². The van der Waals surface area contributed by atoms with Crippen LogP contribution in [0.2, 0.25) is 0 Å². The Morgan fingerprint density at radius 3 is 1.91 bits per heavy atom.